The van der Waals surface area contributed by atoms with E-state index in [0.717, 1.165) is 5.56 Å². The molecule has 122 valence electrons. The van der Waals surface area contributed by atoms with Gasteiger partial charge in [-0.05, 0) is 29.7 Å². The van der Waals surface area contributed by atoms with Gasteiger partial charge in [-0.2, -0.15) is 0 Å². The van der Waals surface area contributed by atoms with E-state index in [1.807, 2.05) is 12.1 Å². The molecule has 23 heavy (non-hydrogen) atoms. The summed E-state index contributed by atoms with van der Waals surface area (Å²) in [4.78, 5) is 10.2. The van der Waals surface area contributed by atoms with Crippen molar-refractivity contribution < 1.29 is 13.3 Å². The fraction of sp³-hybridized carbons (Fsp3) is 0.200. The molecule has 0 bridgehead atoms. The van der Waals surface area contributed by atoms with Crippen molar-refractivity contribution in [3.8, 4) is 0 Å². The summed E-state index contributed by atoms with van der Waals surface area (Å²) in [6.45, 7) is 0.249. The molecular weight excluding hydrogens is 340 g/mol. The van der Waals surface area contributed by atoms with Crippen molar-refractivity contribution in [1.29, 1.82) is 0 Å². The molecule has 0 aromatic heterocycles. The smallest absolute Gasteiger partial charge is 0.258 e. The lowest BCUT2D eigenvalue weighted by atomic mass is 10.2. The van der Waals surface area contributed by atoms with Crippen LogP contribution in [0.5, 0.6) is 0 Å². The zero-order valence-corrected chi connectivity index (χ0v) is 13.7. The van der Waals surface area contributed by atoms with E-state index in [0.29, 0.717) is 17.0 Å². The van der Waals surface area contributed by atoms with Crippen LogP contribution in [0.25, 0.3) is 0 Å². The SMILES string of the molecule is O=[N+]([O-])c1cccc(CS(=O)(=O)NCCc2ccc(Cl)cc2)c1. The predicted molar refractivity (Wildman–Crippen MR) is 88.9 cm³/mol. The third-order valence-corrected chi connectivity index (χ3v) is 4.74. The van der Waals surface area contributed by atoms with Crippen LogP contribution in [0, 0.1) is 10.1 Å². The van der Waals surface area contributed by atoms with Gasteiger partial charge in [0.25, 0.3) is 5.69 Å². The molecule has 1 N–H and O–H groups in total. The Kier molecular flexibility index (Phi) is 5.70. The third kappa shape index (κ3) is 5.63. The molecule has 0 aliphatic rings. The van der Waals surface area contributed by atoms with E-state index in [4.69, 9.17) is 11.6 Å². The number of hydrogen-bond acceptors (Lipinski definition) is 4. The maximum atomic E-state index is 12.0. The average molecular weight is 355 g/mol. The van der Waals surface area contributed by atoms with Crippen molar-refractivity contribution in [2.24, 2.45) is 0 Å². The summed E-state index contributed by atoms with van der Waals surface area (Å²) < 4.78 is 26.5. The molecule has 6 nitrogen and oxygen atoms in total. The van der Waals surface area contributed by atoms with E-state index in [-0.39, 0.29) is 18.0 Å². The lowest BCUT2D eigenvalue weighted by Gasteiger charge is -2.07. The van der Waals surface area contributed by atoms with Crippen LogP contribution in [0.15, 0.2) is 48.5 Å². The minimum atomic E-state index is -3.55. The molecule has 0 radical (unpaired) electrons. The maximum absolute atomic E-state index is 12.0. The number of nitrogens with zero attached hydrogens (tertiary/aromatic N) is 1. The number of benzene rings is 2. The molecule has 0 heterocycles. The van der Waals surface area contributed by atoms with Crippen molar-refractivity contribution in [2.45, 2.75) is 12.2 Å². The summed E-state index contributed by atoms with van der Waals surface area (Å²) in [7, 11) is -3.55. The van der Waals surface area contributed by atoms with Crippen LogP contribution < -0.4 is 4.72 Å². The molecule has 0 aliphatic carbocycles. The van der Waals surface area contributed by atoms with Crippen LogP contribution in [0.1, 0.15) is 11.1 Å². The van der Waals surface area contributed by atoms with Gasteiger partial charge in [0, 0.05) is 23.7 Å². The molecule has 0 amide bonds. The Hall–Kier alpha value is -1.96. The van der Waals surface area contributed by atoms with E-state index in [1.165, 1.54) is 18.2 Å². The third-order valence-electron chi connectivity index (χ3n) is 3.13. The Morgan fingerprint density at radius 3 is 2.43 bits per heavy atom. The van der Waals surface area contributed by atoms with Crippen LogP contribution in [-0.4, -0.2) is 19.9 Å². The van der Waals surface area contributed by atoms with Gasteiger partial charge in [0.1, 0.15) is 0 Å². The summed E-state index contributed by atoms with van der Waals surface area (Å²) >= 11 is 5.78. The number of rotatable bonds is 7. The van der Waals surface area contributed by atoms with E-state index in [1.54, 1.807) is 18.2 Å². The molecule has 0 fully saturated rings. The summed E-state index contributed by atoms with van der Waals surface area (Å²) in [5, 5.41) is 11.3. The fourth-order valence-corrected chi connectivity index (χ4v) is 3.29. The highest BCUT2D eigenvalue weighted by Gasteiger charge is 2.13. The van der Waals surface area contributed by atoms with Crippen LogP contribution in [-0.2, 0) is 22.2 Å². The van der Waals surface area contributed by atoms with E-state index in [9.17, 15) is 18.5 Å². The van der Waals surface area contributed by atoms with Crippen LogP contribution in [0.3, 0.4) is 0 Å². The van der Waals surface area contributed by atoms with E-state index < -0.39 is 14.9 Å². The summed E-state index contributed by atoms with van der Waals surface area (Å²) in [5.74, 6) is -0.296. The van der Waals surface area contributed by atoms with Gasteiger partial charge in [0.05, 0.1) is 10.7 Å². The standard InChI is InChI=1S/C15H15ClN2O4S/c16-14-6-4-12(5-7-14)8-9-17-23(21,22)11-13-2-1-3-15(10-13)18(19)20/h1-7,10,17H,8-9,11H2. The monoisotopic (exact) mass is 354 g/mol. The summed E-state index contributed by atoms with van der Waals surface area (Å²) in [5.41, 5.74) is 1.21. The Morgan fingerprint density at radius 1 is 1.09 bits per heavy atom. The topological polar surface area (TPSA) is 89.3 Å². The molecular formula is C15H15ClN2O4S. The predicted octanol–water partition coefficient (Wildman–Crippen LogP) is 2.91. The highest BCUT2D eigenvalue weighted by Crippen LogP contribution is 2.15. The van der Waals surface area contributed by atoms with Crippen molar-refractivity contribution in [3.05, 3.63) is 74.8 Å². The van der Waals surface area contributed by atoms with Gasteiger partial charge in [-0.15, -0.1) is 0 Å². The second kappa shape index (κ2) is 7.54. The molecule has 0 spiro atoms. The normalized spacial score (nSPS) is 11.3. The van der Waals surface area contributed by atoms with E-state index in [2.05, 4.69) is 4.72 Å². The maximum Gasteiger partial charge on any atom is 0.269 e. The second-order valence-corrected chi connectivity index (χ2v) is 7.20. The Bertz CT molecular complexity index is 791. The molecule has 2 aromatic rings. The number of sulfonamides is 1. The molecule has 0 unspecified atom stereocenters. The van der Waals surface area contributed by atoms with Gasteiger partial charge in [0.2, 0.25) is 10.0 Å². The van der Waals surface area contributed by atoms with Gasteiger partial charge < -0.3 is 0 Å². The van der Waals surface area contributed by atoms with Crippen LogP contribution in [0.4, 0.5) is 5.69 Å². The van der Waals surface area contributed by atoms with Crippen molar-refractivity contribution >= 4 is 27.3 Å². The van der Waals surface area contributed by atoms with E-state index >= 15 is 0 Å². The van der Waals surface area contributed by atoms with Crippen molar-refractivity contribution in [2.75, 3.05) is 6.54 Å². The van der Waals surface area contributed by atoms with Crippen molar-refractivity contribution in [1.82, 2.24) is 4.72 Å². The Labute approximate surface area is 139 Å². The molecule has 0 saturated heterocycles. The van der Waals surface area contributed by atoms with Gasteiger partial charge in [0.15, 0.2) is 0 Å². The van der Waals surface area contributed by atoms with Gasteiger partial charge in [-0.3, -0.25) is 10.1 Å². The first-order chi connectivity index (χ1) is 10.9. The Balaban J connectivity index is 1.93. The Morgan fingerprint density at radius 2 is 1.78 bits per heavy atom. The van der Waals surface area contributed by atoms with Gasteiger partial charge >= 0.3 is 0 Å². The number of nitro groups is 1. The number of nitrogens with one attached hydrogen (secondary N) is 1. The lowest BCUT2D eigenvalue weighted by molar-refractivity contribution is -0.384. The minimum absolute atomic E-state index is 0.126. The molecule has 2 aromatic carbocycles. The first-order valence-electron chi connectivity index (χ1n) is 6.81. The average Bonchev–Trinajstić information content (AvgIpc) is 2.49. The second-order valence-electron chi connectivity index (χ2n) is 4.96. The molecule has 0 aliphatic heterocycles. The highest BCUT2D eigenvalue weighted by molar-refractivity contribution is 7.88. The number of nitro benzene ring substituents is 1. The highest BCUT2D eigenvalue weighted by atomic mass is 35.5. The van der Waals surface area contributed by atoms with Gasteiger partial charge in [-0.25, -0.2) is 13.1 Å². The summed E-state index contributed by atoms with van der Waals surface area (Å²) in [6, 6.07) is 12.8. The first kappa shape index (κ1) is 17.4. The van der Waals surface area contributed by atoms with Crippen LogP contribution in [0.2, 0.25) is 5.02 Å². The number of hydrogen-bond donors (Lipinski definition) is 1. The van der Waals surface area contributed by atoms with Crippen molar-refractivity contribution in [3.63, 3.8) is 0 Å². The molecule has 8 heteroatoms. The molecule has 2 rings (SSSR count). The molecule has 0 atom stereocenters. The zero-order valence-electron chi connectivity index (χ0n) is 12.1. The quantitative estimate of drug-likeness (QED) is 0.611. The number of halogens is 1. The largest absolute Gasteiger partial charge is 0.269 e. The lowest BCUT2D eigenvalue weighted by Crippen LogP contribution is -2.27. The summed E-state index contributed by atoms with van der Waals surface area (Å²) in [6.07, 6.45) is 0.533. The fourth-order valence-electron chi connectivity index (χ4n) is 2.03. The number of non-ortho nitro benzene ring substituents is 1. The van der Waals surface area contributed by atoms with Gasteiger partial charge in [-0.1, -0.05) is 35.9 Å². The molecule has 0 saturated carbocycles. The minimum Gasteiger partial charge on any atom is -0.258 e. The first-order valence-corrected chi connectivity index (χ1v) is 8.84. The zero-order chi connectivity index (χ0) is 16.9. The van der Waals surface area contributed by atoms with Crippen LogP contribution >= 0.6 is 11.6 Å².